The molecule has 1 aliphatic rings. The molecule has 0 aliphatic carbocycles. The average Bonchev–Trinajstić information content (AvgIpc) is 3.26. The highest BCUT2D eigenvalue weighted by atomic mass is 35.5. The maximum absolute atomic E-state index is 6.04. The number of nitrogens with zero attached hydrogens (tertiary/aromatic N) is 3. The number of fused-ring (bicyclic) bond motifs is 1. The fourth-order valence-corrected chi connectivity index (χ4v) is 3.74. The summed E-state index contributed by atoms with van der Waals surface area (Å²) in [4.78, 5) is 2.45. The Balaban J connectivity index is 1.57. The highest BCUT2D eigenvalue weighted by Crippen LogP contribution is 2.28. The Morgan fingerprint density at radius 1 is 1.08 bits per heavy atom. The first-order chi connectivity index (χ1) is 12.7. The van der Waals surface area contributed by atoms with E-state index in [9.17, 15) is 0 Å². The van der Waals surface area contributed by atoms with Crippen molar-refractivity contribution in [3.63, 3.8) is 0 Å². The maximum atomic E-state index is 6.04. The largest absolute Gasteiger partial charge is 0.384 e. The minimum Gasteiger partial charge on any atom is -0.384 e. The summed E-state index contributed by atoms with van der Waals surface area (Å²) in [5.74, 6) is 0. The van der Waals surface area contributed by atoms with Gasteiger partial charge in [0, 0.05) is 55.7 Å². The van der Waals surface area contributed by atoms with Crippen molar-refractivity contribution in [2.75, 3.05) is 11.9 Å². The normalized spacial score (nSPS) is 13.0. The second kappa shape index (κ2) is 7.52. The maximum Gasteiger partial charge on any atom is 0.0534 e. The number of hydrogen-bond donors (Lipinski definition) is 1. The third kappa shape index (κ3) is 3.92. The van der Waals surface area contributed by atoms with Crippen LogP contribution in [0.5, 0.6) is 0 Å². The predicted octanol–water partition coefficient (Wildman–Crippen LogP) is 4.24. The molecule has 3 aromatic rings. The minimum absolute atomic E-state index is 0.776. The van der Waals surface area contributed by atoms with Crippen molar-refractivity contribution in [1.29, 1.82) is 0 Å². The molecular weight excluding hydrogens is 344 g/mol. The van der Waals surface area contributed by atoms with Crippen molar-refractivity contribution in [2.24, 2.45) is 7.05 Å². The van der Waals surface area contributed by atoms with Crippen LogP contribution in [0.15, 0.2) is 54.9 Å². The lowest BCUT2D eigenvalue weighted by Gasteiger charge is -2.23. The van der Waals surface area contributed by atoms with Crippen LogP contribution >= 0.6 is 11.6 Å². The molecule has 5 heteroatoms. The molecule has 134 valence electrons. The summed E-state index contributed by atoms with van der Waals surface area (Å²) < 4.78 is 1.86. The molecule has 2 heterocycles. The van der Waals surface area contributed by atoms with E-state index in [4.69, 9.17) is 11.6 Å². The zero-order chi connectivity index (χ0) is 17.9. The SMILES string of the molecule is Cn1cc(CN(Cc2ccc(Cl)cc2)Cc2cccc3c2NCC3)cn1. The standard InChI is InChI=1S/C21H23ClN4/c1-25-12-17(11-24-25)14-26(13-16-5-7-20(22)8-6-16)15-19-4-2-3-18-9-10-23-21(18)19/h2-8,11-12,23H,9-10,13-15H2,1H3. The molecule has 1 aromatic heterocycles. The van der Waals surface area contributed by atoms with Gasteiger partial charge in [-0.3, -0.25) is 9.58 Å². The van der Waals surface area contributed by atoms with Crippen molar-refractivity contribution in [3.8, 4) is 0 Å². The highest BCUT2D eigenvalue weighted by Gasteiger charge is 2.17. The van der Waals surface area contributed by atoms with Crippen LogP contribution in [-0.2, 0) is 33.1 Å². The number of nitrogens with one attached hydrogen (secondary N) is 1. The van der Waals surface area contributed by atoms with Crippen LogP contribution in [-0.4, -0.2) is 21.2 Å². The average molecular weight is 367 g/mol. The predicted molar refractivity (Wildman–Crippen MR) is 106 cm³/mol. The van der Waals surface area contributed by atoms with E-state index >= 15 is 0 Å². The van der Waals surface area contributed by atoms with Gasteiger partial charge in [-0.05, 0) is 35.2 Å². The van der Waals surface area contributed by atoms with Crippen LogP contribution in [0.3, 0.4) is 0 Å². The van der Waals surface area contributed by atoms with Crippen molar-refractivity contribution >= 4 is 17.3 Å². The van der Waals surface area contributed by atoms with Crippen molar-refractivity contribution in [3.05, 3.63) is 82.1 Å². The molecule has 0 bridgehead atoms. The van der Waals surface area contributed by atoms with Crippen molar-refractivity contribution < 1.29 is 0 Å². The second-order valence-electron chi connectivity index (χ2n) is 6.92. The van der Waals surface area contributed by atoms with Crippen molar-refractivity contribution in [2.45, 2.75) is 26.1 Å². The first-order valence-electron chi connectivity index (χ1n) is 8.96. The Morgan fingerprint density at radius 3 is 2.65 bits per heavy atom. The molecule has 4 rings (SSSR count). The molecule has 0 atom stereocenters. The quantitative estimate of drug-likeness (QED) is 0.708. The van der Waals surface area contributed by atoms with Gasteiger partial charge in [-0.25, -0.2) is 0 Å². The van der Waals surface area contributed by atoms with Crippen LogP contribution < -0.4 is 5.32 Å². The highest BCUT2D eigenvalue weighted by molar-refractivity contribution is 6.30. The molecule has 2 aromatic carbocycles. The van der Waals surface area contributed by atoms with E-state index in [0.29, 0.717) is 0 Å². The van der Waals surface area contributed by atoms with Crippen LogP contribution in [0.1, 0.15) is 22.3 Å². The Labute approximate surface area is 159 Å². The van der Waals surface area contributed by atoms with E-state index in [-0.39, 0.29) is 0 Å². The molecular formula is C21H23ClN4. The lowest BCUT2D eigenvalue weighted by molar-refractivity contribution is 0.248. The number of halogens is 1. The third-order valence-electron chi connectivity index (χ3n) is 4.81. The van der Waals surface area contributed by atoms with Crippen molar-refractivity contribution in [1.82, 2.24) is 14.7 Å². The zero-order valence-corrected chi connectivity index (χ0v) is 15.7. The summed E-state index contributed by atoms with van der Waals surface area (Å²) in [7, 11) is 1.96. The molecule has 1 aliphatic heterocycles. The Hall–Kier alpha value is -2.30. The second-order valence-corrected chi connectivity index (χ2v) is 7.36. The number of anilines is 1. The third-order valence-corrected chi connectivity index (χ3v) is 5.06. The fraction of sp³-hybridized carbons (Fsp3) is 0.286. The lowest BCUT2D eigenvalue weighted by atomic mass is 10.1. The van der Waals surface area contributed by atoms with Gasteiger partial charge in [0.15, 0.2) is 0 Å². The molecule has 0 amide bonds. The molecule has 26 heavy (non-hydrogen) atoms. The number of benzene rings is 2. The summed E-state index contributed by atoms with van der Waals surface area (Å²) in [5, 5.41) is 8.64. The smallest absolute Gasteiger partial charge is 0.0534 e. The van der Waals surface area contributed by atoms with Gasteiger partial charge in [-0.2, -0.15) is 5.10 Å². The first-order valence-corrected chi connectivity index (χ1v) is 9.34. The van der Waals surface area contributed by atoms with Crippen LogP contribution in [0.4, 0.5) is 5.69 Å². The van der Waals surface area contributed by atoms with Crippen LogP contribution in [0.25, 0.3) is 0 Å². The summed E-state index contributed by atoms with van der Waals surface area (Å²) in [6.45, 7) is 3.66. The molecule has 1 N–H and O–H groups in total. The van der Waals surface area contributed by atoms with E-state index in [1.54, 1.807) is 0 Å². The summed E-state index contributed by atoms with van der Waals surface area (Å²) >= 11 is 6.04. The van der Waals surface area contributed by atoms with E-state index < -0.39 is 0 Å². The first kappa shape index (κ1) is 17.1. The van der Waals surface area contributed by atoms with Gasteiger partial charge in [0.05, 0.1) is 6.20 Å². The number of rotatable bonds is 6. The number of aryl methyl sites for hydroxylation is 1. The van der Waals surface area contributed by atoms with Gasteiger partial charge in [0.25, 0.3) is 0 Å². The van der Waals surface area contributed by atoms with Crippen LogP contribution in [0, 0.1) is 0 Å². The van der Waals surface area contributed by atoms with E-state index in [0.717, 1.165) is 37.6 Å². The van der Waals surface area contributed by atoms with Gasteiger partial charge >= 0.3 is 0 Å². The molecule has 0 fully saturated rings. The Bertz CT molecular complexity index is 885. The molecule has 4 nitrogen and oxygen atoms in total. The number of hydrogen-bond acceptors (Lipinski definition) is 3. The van der Waals surface area contributed by atoms with E-state index in [1.165, 1.54) is 27.9 Å². The van der Waals surface area contributed by atoms with Gasteiger partial charge in [0.1, 0.15) is 0 Å². The van der Waals surface area contributed by atoms with Crippen LogP contribution in [0.2, 0.25) is 5.02 Å². The lowest BCUT2D eigenvalue weighted by Crippen LogP contribution is -2.22. The monoisotopic (exact) mass is 366 g/mol. The van der Waals surface area contributed by atoms with E-state index in [2.05, 4.69) is 51.8 Å². The Kier molecular flexibility index (Phi) is 4.96. The summed E-state index contributed by atoms with van der Waals surface area (Å²) in [6, 6.07) is 14.8. The molecule has 0 saturated carbocycles. The fourth-order valence-electron chi connectivity index (χ4n) is 3.61. The topological polar surface area (TPSA) is 33.1 Å². The summed E-state index contributed by atoms with van der Waals surface area (Å²) in [6.07, 6.45) is 5.15. The molecule has 0 saturated heterocycles. The summed E-state index contributed by atoms with van der Waals surface area (Å²) in [5.41, 5.74) is 6.59. The Morgan fingerprint density at radius 2 is 1.88 bits per heavy atom. The molecule has 0 spiro atoms. The van der Waals surface area contributed by atoms with E-state index in [1.807, 2.05) is 30.1 Å². The molecule has 0 radical (unpaired) electrons. The minimum atomic E-state index is 0.776. The van der Waals surface area contributed by atoms with Gasteiger partial charge < -0.3 is 5.32 Å². The number of aromatic nitrogens is 2. The zero-order valence-electron chi connectivity index (χ0n) is 15.0. The molecule has 0 unspecified atom stereocenters. The van der Waals surface area contributed by atoms with Gasteiger partial charge in [0.2, 0.25) is 0 Å². The van der Waals surface area contributed by atoms with Gasteiger partial charge in [-0.15, -0.1) is 0 Å². The van der Waals surface area contributed by atoms with Gasteiger partial charge in [-0.1, -0.05) is 41.9 Å². The number of para-hydroxylation sites is 1.